The predicted molar refractivity (Wildman–Crippen MR) is 111 cm³/mol. The topological polar surface area (TPSA) is 42.0 Å². The molecule has 4 rings (SSSR count). The van der Waals surface area contributed by atoms with Crippen LogP contribution in [0.3, 0.4) is 0 Å². The van der Waals surface area contributed by atoms with Crippen molar-refractivity contribution in [3.05, 3.63) is 65.7 Å². The van der Waals surface area contributed by atoms with E-state index in [2.05, 4.69) is 43.4 Å². The molecule has 0 unspecified atom stereocenters. The van der Waals surface area contributed by atoms with Crippen LogP contribution in [0.4, 0.5) is 0 Å². The summed E-state index contributed by atoms with van der Waals surface area (Å²) in [5.74, 6) is 0.549. The molecule has 1 saturated carbocycles. The second-order valence-electron chi connectivity index (χ2n) is 7.78. The molecule has 1 aliphatic carbocycles. The maximum Gasteiger partial charge on any atom is 0.252 e. The van der Waals surface area contributed by atoms with Crippen molar-refractivity contribution in [2.24, 2.45) is 5.92 Å². The molecule has 0 spiro atoms. The summed E-state index contributed by atoms with van der Waals surface area (Å²) in [7, 11) is 0. The van der Waals surface area contributed by atoms with Crippen molar-refractivity contribution in [1.82, 2.24) is 10.3 Å². The van der Waals surface area contributed by atoms with E-state index in [9.17, 15) is 4.79 Å². The molecule has 1 aliphatic rings. The van der Waals surface area contributed by atoms with Gasteiger partial charge >= 0.3 is 0 Å². The van der Waals surface area contributed by atoms with Gasteiger partial charge in [0.15, 0.2) is 0 Å². The maximum absolute atomic E-state index is 13.2. The van der Waals surface area contributed by atoms with Gasteiger partial charge in [-0.3, -0.25) is 4.79 Å². The number of amides is 1. The highest BCUT2D eigenvalue weighted by molar-refractivity contribution is 6.07. The number of aryl methyl sites for hydroxylation is 1. The molecular weight excluding hydrogens is 332 g/mol. The van der Waals surface area contributed by atoms with Crippen molar-refractivity contribution < 1.29 is 4.79 Å². The molecule has 1 N–H and O–H groups in total. The highest BCUT2D eigenvalue weighted by Gasteiger charge is 2.24. The van der Waals surface area contributed by atoms with Gasteiger partial charge in [-0.1, -0.05) is 67.8 Å². The molecular formula is C24H26N2O. The number of nitrogens with zero attached hydrogens (tertiary/aromatic N) is 1. The van der Waals surface area contributed by atoms with Crippen LogP contribution in [-0.2, 0) is 0 Å². The Morgan fingerprint density at radius 2 is 1.78 bits per heavy atom. The van der Waals surface area contributed by atoms with Crippen LogP contribution < -0.4 is 5.32 Å². The van der Waals surface area contributed by atoms with E-state index < -0.39 is 0 Å². The molecule has 1 fully saturated rings. The number of nitrogens with one attached hydrogen (secondary N) is 1. The van der Waals surface area contributed by atoms with Gasteiger partial charge in [-0.15, -0.1) is 0 Å². The number of hydrogen-bond acceptors (Lipinski definition) is 2. The Kier molecular flexibility index (Phi) is 4.93. The van der Waals surface area contributed by atoms with Crippen LogP contribution in [0.5, 0.6) is 0 Å². The zero-order valence-corrected chi connectivity index (χ0v) is 16.0. The number of carbonyl (C=O) groups excluding carboxylic acids is 1. The van der Waals surface area contributed by atoms with E-state index in [1.165, 1.54) is 24.8 Å². The molecule has 0 radical (unpaired) electrons. The molecule has 2 aromatic carbocycles. The van der Waals surface area contributed by atoms with Gasteiger partial charge in [0, 0.05) is 17.0 Å². The van der Waals surface area contributed by atoms with E-state index in [1.807, 2.05) is 30.3 Å². The lowest BCUT2D eigenvalue weighted by Gasteiger charge is -2.29. The quantitative estimate of drug-likeness (QED) is 0.670. The Hall–Kier alpha value is -2.68. The van der Waals surface area contributed by atoms with Crippen LogP contribution in [0.1, 0.15) is 48.5 Å². The van der Waals surface area contributed by atoms with Gasteiger partial charge in [0.1, 0.15) is 0 Å². The molecule has 3 heteroatoms. The lowest BCUT2D eigenvalue weighted by Crippen LogP contribution is -2.41. The molecule has 138 valence electrons. The van der Waals surface area contributed by atoms with E-state index >= 15 is 0 Å². The Labute approximate surface area is 160 Å². The molecule has 0 aliphatic heterocycles. The molecule has 3 nitrogen and oxygen atoms in total. The van der Waals surface area contributed by atoms with Crippen LogP contribution in [0.2, 0.25) is 0 Å². The first-order valence-corrected chi connectivity index (χ1v) is 9.89. The summed E-state index contributed by atoms with van der Waals surface area (Å²) in [6, 6.07) is 18.4. The van der Waals surface area contributed by atoms with Crippen molar-refractivity contribution in [2.75, 3.05) is 0 Å². The number of benzene rings is 2. The van der Waals surface area contributed by atoms with Crippen molar-refractivity contribution in [2.45, 2.75) is 45.6 Å². The van der Waals surface area contributed by atoms with E-state index in [0.29, 0.717) is 11.5 Å². The molecule has 1 heterocycles. The number of hydrogen-bond donors (Lipinski definition) is 1. The van der Waals surface area contributed by atoms with Crippen molar-refractivity contribution in [3.8, 4) is 11.3 Å². The molecule has 27 heavy (non-hydrogen) atoms. The van der Waals surface area contributed by atoms with Gasteiger partial charge in [0.05, 0.1) is 16.8 Å². The van der Waals surface area contributed by atoms with Gasteiger partial charge in [0.25, 0.3) is 5.91 Å². The zero-order valence-electron chi connectivity index (χ0n) is 16.0. The van der Waals surface area contributed by atoms with E-state index in [-0.39, 0.29) is 11.9 Å². The first-order valence-electron chi connectivity index (χ1n) is 9.89. The van der Waals surface area contributed by atoms with Gasteiger partial charge < -0.3 is 5.32 Å². The summed E-state index contributed by atoms with van der Waals surface area (Å²) in [6.07, 6.45) is 4.72. The number of para-hydroxylation sites is 1. The Bertz CT molecular complexity index is 962. The number of pyridine rings is 1. The summed E-state index contributed by atoms with van der Waals surface area (Å²) in [4.78, 5) is 18.0. The van der Waals surface area contributed by atoms with Crippen molar-refractivity contribution >= 4 is 16.8 Å². The minimum atomic E-state index is 0.0145. The fourth-order valence-corrected chi connectivity index (χ4v) is 4.01. The first-order chi connectivity index (χ1) is 13.1. The summed E-state index contributed by atoms with van der Waals surface area (Å²) >= 11 is 0. The third-order valence-electron chi connectivity index (χ3n) is 5.74. The molecule has 1 amide bonds. The highest BCUT2D eigenvalue weighted by Crippen LogP contribution is 2.27. The molecule has 1 aromatic heterocycles. The summed E-state index contributed by atoms with van der Waals surface area (Å²) in [5.41, 5.74) is 4.66. The van der Waals surface area contributed by atoms with E-state index in [4.69, 9.17) is 4.98 Å². The Balaban J connectivity index is 1.74. The summed E-state index contributed by atoms with van der Waals surface area (Å²) in [5, 5.41) is 4.21. The minimum Gasteiger partial charge on any atom is -0.349 e. The largest absolute Gasteiger partial charge is 0.349 e. The van der Waals surface area contributed by atoms with Gasteiger partial charge in [-0.05, 0) is 37.8 Å². The average Bonchev–Trinajstić information content (AvgIpc) is 2.69. The molecule has 0 saturated heterocycles. The normalized spacial score (nSPS) is 19.8. The fourth-order valence-electron chi connectivity index (χ4n) is 4.01. The Morgan fingerprint density at radius 1 is 1.04 bits per heavy atom. The second-order valence-corrected chi connectivity index (χ2v) is 7.78. The Morgan fingerprint density at radius 3 is 2.56 bits per heavy atom. The van der Waals surface area contributed by atoms with Crippen molar-refractivity contribution in [3.63, 3.8) is 0 Å². The lowest BCUT2D eigenvalue weighted by molar-refractivity contribution is 0.0912. The number of fused-ring (bicyclic) bond motifs is 1. The predicted octanol–water partition coefficient (Wildman–Crippen LogP) is 5.52. The first kappa shape index (κ1) is 17.7. The zero-order chi connectivity index (χ0) is 18.8. The van der Waals surface area contributed by atoms with Crippen LogP contribution in [0.25, 0.3) is 22.2 Å². The second kappa shape index (κ2) is 7.51. The molecule has 2 atom stereocenters. The third kappa shape index (κ3) is 3.73. The smallest absolute Gasteiger partial charge is 0.252 e. The standard InChI is InChI=1S/C24H26N2O/c1-16-11-13-18(14-12-16)23-15-20(19-8-4-6-10-22(19)25-23)24(27)26-21-9-5-3-7-17(21)2/h4,6,8,10-15,17,21H,3,5,7,9H2,1-2H3,(H,26,27)/t17-,21-/m0/s1. The monoisotopic (exact) mass is 358 g/mol. The lowest BCUT2D eigenvalue weighted by atomic mass is 9.85. The molecule has 3 aromatic rings. The van der Waals surface area contributed by atoms with Crippen molar-refractivity contribution in [1.29, 1.82) is 0 Å². The van der Waals surface area contributed by atoms with E-state index in [0.717, 1.165) is 28.6 Å². The average molecular weight is 358 g/mol. The summed E-state index contributed by atoms with van der Waals surface area (Å²) in [6.45, 7) is 4.31. The fraction of sp³-hybridized carbons (Fsp3) is 0.333. The summed E-state index contributed by atoms with van der Waals surface area (Å²) < 4.78 is 0. The minimum absolute atomic E-state index is 0.0145. The van der Waals surface area contributed by atoms with Crippen LogP contribution in [-0.4, -0.2) is 16.9 Å². The van der Waals surface area contributed by atoms with E-state index in [1.54, 1.807) is 0 Å². The number of carbonyl (C=O) groups is 1. The third-order valence-corrected chi connectivity index (χ3v) is 5.74. The van der Waals surface area contributed by atoms with Crippen LogP contribution in [0.15, 0.2) is 54.6 Å². The van der Waals surface area contributed by atoms with Gasteiger partial charge in [-0.2, -0.15) is 0 Å². The molecule has 0 bridgehead atoms. The highest BCUT2D eigenvalue weighted by atomic mass is 16.1. The maximum atomic E-state index is 13.2. The van der Waals surface area contributed by atoms with Gasteiger partial charge in [0.2, 0.25) is 0 Å². The number of aromatic nitrogens is 1. The number of rotatable bonds is 3. The van der Waals surface area contributed by atoms with Crippen LogP contribution in [0, 0.1) is 12.8 Å². The van der Waals surface area contributed by atoms with Gasteiger partial charge in [-0.25, -0.2) is 4.98 Å². The van der Waals surface area contributed by atoms with Crippen LogP contribution >= 0.6 is 0 Å². The SMILES string of the molecule is Cc1ccc(-c2cc(C(=O)N[C@H]3CCCC[C@@H]3C)c3ccccc3n2)cc1.